The zero-order chi connectivity index (χ0) is 18.6. The number of rotatable bonds is 7. The van der Waals surface area contributed by atoms with Crippen LogP contribution >= 0.6 is 11.3 Å². The Labute approximate surface area is 157 Å². The molecule has 1 heterocycles. The highest BCUT2D eigenvalue weighted by Gasteiger charge is 2.37. The van der Waals surface area contributed by atoms with Gasteiger partial charge in [-0.25, -0.2) is 4.39 Å². The first-order valence-corrected chi connectivity index (χ1v) is 9.73. The average molecular weight is 377 g/mol. The number of amides is 1. The number of hydrogen-bond acceptors (Lipinski definition) is 4. The third-order valence-electron chi connectivity index (χ3n) is 4.93. The summed E-state index contributed by atoms with van der Waals surface area (Å²) in [5.74, 6) is -0.0534. The van der Waals surface area contributed by atoms with Crippen molar-refractivity contribution in [1.29, 1.82) is 0 Å². The van der Waals surface area contributed by atoms with E-state index in [0.29, 0.717) is 12.3 Å². The largest absolute Gasteiger partial charge is 0.484 e. The van der Waals surface area contributed by atoms with Gasteiger partial charge in [-0.3, -0.25) is 4.79 Å². The van der Waals surface area contributed by atoms with Crippen LogP contribution in [0.2, 0.25) is 0 Å². The van der Waals surface area contributed by atoms with Crippen molar-refractivity contribution in [3.63, 3.8) is 0 Å². The van der Waals surface area contributed by atoms with E-state index in [1.807, 2.05) is 6.07 Å². The van der Waals surface area contributed by atoms with E-state index in [1.54, 1.807) is 18.3 Å². The fourth-order valence-corrected chi connectivity index (χ4v) is 4.61. The summed E-state index contributed by atoms with van der Waals surface area (Å²) in [4.78, 5) is 14.4. The molecule has 1 saturated carbocycles. The van der Waals surface area contributed by atoms with E-state index in [1.165, 1.54) is 29.1 Å². The van der Waals surface area contributed by atoms with Crippen LogP contribution in [-0.4, -0.2) is 24.2 Å². The highest BCUT2D eigenvalue weighted by atomic mass is 32.1. The molecule has 1 aromatic heterocycles. The number of hydrogen-bond donors (Lipinski definition) is 2. The Bertz CT molecular complexity index is 736. The van der Waals surface area contributed by atoms with Crippen LogP contribution in [0.1, 0.15) is 48.5 Å². The summed E-state index contributed by atoms with van der Waals surface area (Å²) in [6.07, 6.45) is 3.89. The van der Waals surface area contributed by atoms with Gasteiger partial charge in [-0.2, -0.15) is 0 Å². The molecule has 0 radical (unpaired) electrons. The van der Waals surface area contributed by atoms with Gasteiger partial charge >= 0.3 is 0 Å². The quantitative estimate of drug-likeness (QED) is 0.768. The Hall–Kier alpha value is -1.92. The number of aliphatic hydroxyl groups is 1. The molecule has 1 fully saturated rings. The number of benzene rings is 1. The standard InChI is InChI=1S/C20H24FNO3S/c1-14(23)17-8-9-18(26-17)20(10-2-3-11-20)13-22-19(24)12-25-16-6-4-15(21)5-7-16/h4-9,14,23H,2-3,10-13H2,1H3,(H,22,24)/t14-/m0/s1. The van der Waals surface area contributed by atoms with Crippen molar-refractivity contribution in [3.05, 3.63) is 52.0 Å². The minimum atomic E-state index is -0.467. The van der Waals surface area contributed by atoms with Crippen LogP contribution in [0, 0.1) is 5.82 Å². The smallest absolute Gasteiger partial charge is 0.257 e. The first-order valence-electron chi connectivity index (χ1n) is 8.92. The number of carbonyl (C=O) groups is 1. The van der Waals surface area contributed by atoms with Crippen LogP contribution in [0.15, 0.2) is 36.4 Å². The van der Waals surface area contributed by atoms with Crippen molar-refractivity contribution in [1.82, 2.24) is 5.32 Å². The predicted octanol–water partition coefficient (Wildman–Crippen LogP) is 3.95. The Morgan fingerprint density at radius 2 is 1.96 bits per heavy atom. The molecule has 4 nitrogen and oxygen atoms in total. The Morgan fingerprint density at radius 3 is 2.58 bits per heavy atom. The fourth-order valence-electron chi connectivity index (χ4n) is 3.42. The summed E-state index contributed by atoms with van der Waals surface area (Å²) in [7, 11) is 0. The van der Waals surface area contributed by atoms with Gasteiger partial charge in [-0.1, -0.05) is 12.8 Å². The van der Waals surface area contributed by atoms with Crippen LogP contribution in [0.5, 0.6) is 5.75 Å². The van der Waals surface area contributed by atoms with Crippen LogP contribution in [0.3, 0.4) is 0 Å². The van der Waals surface area contributed by atoms with Crippen LogP contribution in [0.4, 0.5) is 4.39 Å². The molecule has 1 atom stereocenters. The van der Waals surface area contributed by atoms with Crippen molar-refractivity contribution in [2.75, 3.05) is 13.2 Å². The Kier molecular flexibility index (Phi) is 5.94. The molecule has 2 aromatic rings. The van der Waals surface area contributed by atoms with Crippen molar-refractivity contribution < 1.29 is 19.0 Å². The third kappa shape index (κ3) is 4.43. The maximum Gasteiger partial charge on any atom is 0.257 e. The van der Waals surface area contributed by atoms with E-state index in [0.717, 1.165) is 30.6 Å². The second-order valence-electron chi connectivity index (χ2n) is 6.88. The molecule has 1 aromatic carbocycles. The number of thiophene rings is 1. The van der Waals surface area contributed by atoms with E-state index in [2.05, 4.69) is 11.4 Å². The normalized spacial score (nSPS) is 17.0. The molecule has 0 unspecified atom stereocenters. The molecular weight excluding hydrogens is 353 g/mol. The Balaban J connectivity index is 1.58. The number of nitrogens with one attached hydrogen (secondary N) is 1. The minimum absolute atomic E-state index is 0.0522. The predicted molar refractivity (Wildman–Crippen MR) is 100 cm³/mol. The number of ether oxygens (including phenoxy) is 1. The lowest BCUT2D eigenvalue weighted by Gasteiger charge is -2.28. The first-order chi connectivity index (χ1) is 12.5. The van der Waals surface area contributed by atoms with E-state index in [4.69, 9.17) is 4.74 Å². The van der Waals surface area contributed by atoms with Gasteiger partial charge in [-0.05, 0) is 56.2 Å². The topological polar surface area (TPSA) is 58.6 Å². The number of carbonyl (C=O) groups excluding carboxylic acids is 1. The summed E-state index contributed by atoms with van der Waals surface area (Å²) in [6.45, 7) is 2.24. The van der Waals surface area contributed by atoms with E-state index < -0.39 is 6.10 Å². The SMILES string of the molecule is C[C@H](O)c1ccc(C2(CNC(=O)COc3ccc(F)cc3)CCCC2)s1. The van der Waals surface area contributed by atoms with Crippen LogP contribution < -0.4 is 10.1 Å². The van der Waals surface area contributed by atoms with Crippen molar-refractivity contribution in [2.45, 2.75) is 44.1 Å². The maximum atomic E-state index is 12.9. The van der Waals surface area contributed by atoms with Gasteiger partial charge in [0, 0.05) is 21.7 Å². The van der Waals surface area contributed by atoms with Gasteiger partial charge in [0.25, 0.3) is 5.91 Å². The molecule has 3 rings (SSSR count). The molecule has 6 heteroatoms. The Morgan fingerprint density at radius 1 is 1.27 bits per heavy atom. The van der Waals surface area contributed by atoms with Crippen molar-refractivity contribution >= 4 is 17.2 Å². The molecule has 1 aliphatic rings. The van der Waals surface area contributed by atoms with Gasteiger partial charge in [0.15, 0.2) is 6.61 Å². The molecule has 1 amide bonds. The summed E-state index contributed by atoms with van der Waals surface area (Å²) >= 11 is 1.63. The summed E-state index contributed by atoms with van der Waals surface area (Å²) in [5, 5.41) is 12.8. The zero-order valence-corrected chi connectivity index (χ0v) is 15.7. The highest BCUT2D eigenvalue weighted by Crippen LogP contribution is 2.44. The van der Waals surface area contributed by atoms with E-state index in [9.17, 15) is 14.3 Å². The lowest BCUT2D eigenvalue weighted by Crippen LogP contribution is -2.40. The van der Waals surface area contributed by atoms with Gasteiger partial charge < -0.3 is 15.2 Å². The highest BCUT2D eigenvalue weighted by molar-refractivity contribution is 7.12. The summed E-state index contributed by atoms with van der Waals surface area (Å²) in [6, 6.07) is 9.67. The van der Waals surface area contributed by atoms with Crippen LogP contribution in [-0.2, 0) is 10.2 Å². The van der Waals surface area contributed by atoms with Gasteiger partial charge in [0.1, 0.15) is 11.6 Å². The minimum Gasteiger partial charge on any atom is -0.484 e. The molecule has 0 aliphatic heterocycles. The number of aliphatic hydroxyl groups excluding tert-OH is 1. The van der Waals surface area contributed by atoms with E-state index >= 15 is 0 Å². The van der Waals surface area contributed by atoms with Crippen molar-refractivity contribution in [2.24, 2.45) is 0 Å². The lowest BCUT2D eigenvalue weighted by atomic mass is 9.84. The van der Waals surface area contributed by atoms with Crippen molar-refractivity contribution in [3.8, 4) is 5.75 Å². The van der Waals surface area contributed by atoms with Crippen LogP contribution in [0.25, 0.3) is 0 Å². The monoisotopic (exact) mass is 377 g/mol. The maximum absolute atomic E-state index is 12.9. The molecule has 1 aliphatic carbocycles. The second-order valence-corrected chi connectivity index (χ2v) is 8.00. The van der Waals surface area contributed by atoms with E-state index in [-0.39, 0.29) is 23.7 Å². The fraction of sp³-hybridized carbons (Fsp3) is 0.450. The molecule has 26 heavy (non-hydrogen) atoms. The average Bonchev–Trinajstić information content (AvgIpc) is 3.29. The number of halogens is 1. The zero-order valence-electron chi connectivity index (χ0n) is 14.8. The first kappa shape index (κ1) is 18.9. The molecule has 0 saturated heterocycles. The summed E-state index contributed by atoms with van der Waals surface area (Å²) in [5.41, 5.74) is -0.0522. The molecular formula is C20H24FNO3S. The second kappa shape index (κ2) is 8.18. The molecule has 140 valence electrons. The van der Waals surface area contributed by atoms with Gasteiger partial charge in [0.05, 0.1) is 6.10 Å². The van der Waals surface area contributed by atoms with Gasteiger partial charge in [-0.15, -0.1) is 11.3 Å². The third-order valence-corrected chi connectivity index (χ3v) is 6.43. The molecule has 0 bridgehead atoms. The molecule has 2 N–H and O–H groups in total. The molecule has 0 spiro atoms. The van der Waals surface area contributed by atoms with Gasteiger partial charge in [0.2, 0.25) is 0 Å². The summed E-state index contributed by atoms with van der Waals surface area (Å²) < 4.78 is 18.3. The lowest BCUT2D eigenvalue weighted by molar-refractivity contribution is -0.123.